The van der Waals surface area contributed by atoms with E-state index in [0.29, 0.717) is 23.9 Å². The van der Waals surface area contributed by atoms with Gasteiger partial charge in [0.05, 0.1) is 10.0 Å². The van der Waals surface area contributed by atoms with E-state index in [4.69, 9.17) is 29.6 Å². The van der Waals surface area contributed by atoms with Crippen molar-refractivity contribution >= 4 is 28.8 Å². The van der Waals surface area contributed by atoms with Crippen LogP contribution in [0, 0.1) is 11.7 Å². The Labute approximate surface area is 124 Å². The van der Waals surface area contributed by atoms with Crippen LogP contribution in [0.25, 0.3) is 0 Å². The normalized spacial score (nSPS) is 11.3. The minimum absolute atomic E-state index is 0.201. The molecule has 0 heterocycles. The molecular weight excluding hydrogens is 283 g/mol. The molecule has 2 N–H and O–H groups in total. The second-order valence-electron chi connectivity index (χ2n) is 5.06. The Balaban J connectivity index is 2.75. The maximum atomic E-state index is 13.4. The van der Waals surface area contributed by atoms with Crippen LogP contribution in [0.15, 0.2) is 18.2 Å². The number of nitrogens with zero attached hydrogens (tertiary/aromatic N) is 1. The zero-order valence-electron chi connectivity index (χ0n) is 11.3. The molecule has 0 saturated carbocycles. The summed E-state index contributed by atoms with van der Waals surface area (Å²) in [6.45, 7) is 6.55. The van der Waals surface area contributed by atoms with Gasteiger partial charge in [0.15, 0.2) is 0 Å². The van der Waals surface area contributed by atoms with E-state index in [1.807, 2.05) is 6.07 Å². The van der Waals surface area contributed by atoms with Gasteiger partial charge in [0.25, 0.3) is 0 Å². The largest absolute Gasteiger partial charge is 0.393 e. The summed E-state index contributed by atoms with van der Waals surface area (Å²) in [5.41, 5.74) is 6.33. The first-order valence-electron chi connectivity index (χ1n) is 6.33. The number of benzene rings is 1. The molecule has 0 unspecified atom stereocenters. The summed E-state index contributed by atoms with van der Waals surface area (Å²) in [7, 11) is 0. The second-order valence-corrected chi connectivity index (χ2v) is 5.96. The summed E-state index contributed by atoms with van der Waals surface area (Å²) in [6.07, 6.45) is 0.662. The molecule has 2 nitrogen and oxygen atoms in total. The van der Waals surface area contributed by atoms with Crippen molar-refractivity contribution in [1.29, 1.82) is 0 Å². The van der Waals surface area contributed by atoms with Gasteiger partial charge in [-0.25, -0.2) is 4.39 Å². The van der Waals surface area contributed by atoms with Crippen molar-refractivity contribution < 1.29 is 4.39 Å². The zero-order chi connectivity index (χ0) is 14.4. The SMILES string of the molecule is CC(C)CN(CCC(N)=S)Cc1cccc(F)c1Cl. The summed E-state index contributed by atoms with van der Waals surface area (Å²) in [5, 5.41) is 0.201. The van der Waals surface area contributed by atoms with Crippen molar-refractivity contribution in [2.75, 3.05) is 13.1 Å². The van der Waals surface area contributed by atoms with Crippen molar-refractivity contribution in [2.45, 2.75) is 26.8 Å². The van der Waals surface area contributed by atoms with Crippen molar-refractivity contribution in [3.05, 3.63) is 34.6 Å². The molecule has 19 heavy (non-hydrogen) atoms. The summed E-state index contributed by atoms with van der Waals surface area (Å²) in [4.78, 5) is 2.70. The Bertz CT molecular complexity index is 437. The highest BCUT2D eigenvalue weighted by Crippen LogP contribution is 2.21. The van der Waals surface area contributed by atoms with E-state index < -0.39 is 0 Å². The Morgan fingerprint density at radius 1 is 1.47 bits per heavy atom. The lowest BCUT2D eigenvalue weighted by Gasteiger charge is -2.24. The fourth-order valence-electron chi connectivity index (χ4n) is 1.93. The molecule has 0 amide bonds. The van der Waals surface area contributed by atoms with Crippen LogP contribution in [-0.2, 0) is 6.54 Å². The van der Waals surface area contributed by atoms with Gasteiger partial charge in [0, 0.05) is 26.1 Å². The van der Waals surface area contributed by atoms with E-state index >= 15 is 0 Å². The number of halogens is 2. The highest BCUT2D eigenvalue weighted by Gasteiger charge is 2.12. The third-order valence-corrected chi connectivity index (χ3v) is 3.35. The standard InChI is InChI=1S/C14H20ClFN2S/c1-10(2)8-18(7-6-13(17)19)9-11-4-3-5-12(16)14(11)15/h3-5,10H,6-9H2,1-2H3,(H2,17,19). The maximum absolute atomic E-state index is 13.4. The van der Waals surface area contributed by atoms with E-state index in [9.17, 15) is 4.39 Å². The third kappa shape index (κ3) is 5.85. The average Bonchev–Trinajstić information content (AvgIpc) is 2.31. The minimum Gasteiger partial charge on any atom is -0.393 e. The van der Waals surface area contributed by atoms with Crippen LogP contribution in [0.3, 0.4) is 0 Å². The number of nitrogens with two attached hydrogens (primary N) is 1. The molecule has 0 atom stereocenters. The van der Waals surface area contributed by atoms with Crippen LogP contribution in [0.1, 0.15) is 25.8 Å². The molecule has 0 aromatic heterocycles. The van der Waals surface area contributed by atoms with Gasteiger partial charge in [-0.3, -0.25) is 4.90 Å². The predicted molar refractivity (Wildman–Crippen MR) is 82.9 cm³/mol. The molecule has 5 heteroatoms. The van der Waals surface area contributed by atoms with Gasteiger partial charge in [-0.2, -0.15) is 0 Å². The monoisotopic (exact) mass is 302 g/mol. The van der Waals surface area contributed by atoms with E-state index in [1.54, 1.807) is 6.07 Å². The molecule has 0 aliphatic heterocycles. The van der Waals surface area contributed by atoms with Gasteiger partial charge in [-0.1, -0.05) is 49.8 Å². The van der Waals surface area contributed by atoms with Crippen LogP contribution < -0.4 is 5.73 Å². The maximum Gasteiger partial charge on any atom is 0.142 e. The smallest absolute Gasteiger partial charge is 0.142 e. The Morgan fingerprint density at radius 2 is 2.16 bits per heavy atom. The molecule has 0 aliphatic carbocycles. The molecule has 0 fully saturated rings. The molecule has 0 spiro atoms. The molecular formula is C14H20ClFN2S. The van der Waals surface area contributed by atoms with Gasteiger partial charge < -0.3 is 5.73 Å². The molecule has 0 bridgehead atoms. The molecule has 1 rings (SSSR count). The molecule has 1 aromatic rings. The number of rotatable bonds is 7. The third-order valence-electron chi connectivity index (χ3n) is 2.72. The number of hydrogen-bond acceptors (Lipinski definition) is 2. The van der Waals surface area contributed by atoms with Crippen molar-refractivity contribution in [3.63, 3.8) is 0 Å². The van der Waals surface area contributed by atoms with Gasteiger partial charge in [-0.05, 0) is 17.5 Å². The van der Waals surface area contributed by atoms with Crippen LogP contribution >= 0.6 is 23.8 Å². The summed E-state index contributed by atoms with van der Waals surface area (Å²) in [5.74, 6) is 0.136. The first-order valence-corrected chi connectivity index (χ1v) is 7.12. The molecule has 0 saturated heterocycles. The summed E-state index contributed by atoms with van der Waals surface area (Å²) < 4.78 is 13.4. The van der Waals surface area contributed by atoms with Crippen LogP contribution in [0.5, 0.6) is 0 Å². The van der Waals surface area contributed by atoms with Crippen LogP contribution in [0.4, 0.5) is 4.39 Å². The quantitative estimate of drug-likeness (QED) is 0.780. The lowest BCUT2D eigenvalue weighted by molar-refractivity contribution is 0.242. The Kier molecular flexibility index (Phi) is 6.69. The van der Waals surface area contributed by atoms with Crippen LogP contribution in [-0.4, -0.2) is 23.0 Å². The zero-order valence-corrected chi connectivity index (χ0v) is 12.9. The predicted octanol–water partition coefficient (Wildman–Crippen LogP) is 3.61. The highest BCUT2D eigenvalue weighted by molar-refractivity contribution is 7.80. The van der Waals surface area contributed by atoms with E-state index in [1.165, 1.54) is 6.07 Å². The summed E-state index contributed by atoms with van der Waals surface area (Å²) in [6, 6.07) is 4.89. The molecule has 0 aliphatic rings. The van der Waals surface area contributed by atoms with E-state index in [0.717, 1.165) is 18.7 Å². The van der Waals surface area contributed by atoms with Gasteiger partial charge in [0.2, 0.25) is 0 Å². The van der Waals surface area contributed by atoms with E-state index in [-0.39, 0.29) is 10.8 Å². The fraction of sp³-hybridized carbons (Fsp3) is 0.500. The van der Waals surface area contributed by atoms with Gasteiger partial charge in [0.1, 0.15) is 5.82 Å². The lowest BCUT2D eigenvalue weighted by Crippen LogP contribution is -2.30. The highest BCUT2D eigenvalue weighted by atomic mass is 35.5. The molecule has 106 valence electrons. The van der Waals surface area contributed by atoms with Crippen molar-refractivity contribution in [1.82, 2.24) is 4.90 Å². The van der Waals surface area contributed by atoms with Crippen molar-refractivity contribution in [2.24, 2.45) is 11.7 Å². The summed E-state index contributed by atoms with van der Waals surface area (Å²) >= 11 is 10.9. The lowest BCUT2D eigenvalue weighted by atomic mass is 10.1. The fourth-order valence-corrected chi connectivity index (χ4v) is 2.21. The average molecular weight is 303 g/mol. The van der Waals surface area contributed by atoms with E-state index in [2.05, 4.69) is 18.7 Å². The first-order chi connectivity index (χ1) is 8.90. The minimum atomic E-state index is -0.377. The van der Waals surface area contributed by atoms with Gasteiger partial charge >= 0.3 is 0 Å². The van der Waals surface area contributed by atoms with Gasteiger partial charge in [-0.15, -0.1) is 0 Å². The number of thiocarbonyl (C=S) groups is 1. The first kappa shape index (κ1) is 16.3. The molecule has 1 aromatic carbocycles. The Hall–Kier alpha value is -0.710. The second kappa shape index (κ2) is 7.78. The number of hydrogen-bond donors (Lipinski definition) is 1. The topological polar surface area (TPSA) is 29.3 Å². The Morgan fingerprint density at radius 3 is 2.74 bits per heavy atom. The van der Waals surface area contributed by atoms with Crippen molar-refractivity contribution in [3.8, 4) is 0 Å². The molecule has 0 radical (unpaired) electrons. The van der Waals surface area contributed by atoms with Crippen LogP contribution in [0.2, 0.25) is 5.02 Å².